The minimum absolute atomic E-state index is 0.0149. The average Bonchev–Trinajstić information content (AvgIpc) is 3.27. The number of anilines is 1. The number of hydrogen-bond donors (Lipinski definition) is 2. The first-order valence-corrected chi connectivity index (χ1v) is 10.3. The van der Waals surface area contributed by atoms with Crippen molar-refractivity contribution in [3.05, 3.63) is 108 Å². The Kier molecular flexibility index (Phi) is 7.35. The summed E-state index contributed by atoms with van der Waals surface area (Å²) in [6.45, 7) is 6.79. The second-order valence-corrected chi connectivity index (χ2v) is 7.33. The van der Waals surface area contributed by atoms with Gasteiger partial charge >= 0.3 is 0 Å². The van der Waals surface area contributed by atoms with Crippen LogP contribution in [0.3, 0.4) is 0 Å². The molecule has 6 nitrogen and oxygen atoms in total. The molecule has 0 aliphatic rings. The van der Waals surface area contributed by atoms with E-state index in [-0.39, 0.29) is 11.1 Å². The molecule has 2 aromatic heterocycles. The van der Waals surface area contributed by atoms with Crippen molar-refractivity contribution in [2.75, 3.05) is 5.32 Å². The molecule has 33 heavy (non-hydrogen) atoms. The zero-order valence-corrected chi connectivity index (χ0v) is 18.8. The Labute approximate surface area is 192 Å². The number of aromatic nitrogens is 3. The number of carbonyl (C=O) groups excluding carboxylic acids is 1. The maximum atomic E-state index is 13.8. The molecule has 0 aliphatic heterocycles. The standard InChI is InChI=1S/C26H26FN5O/c1-5-22(19-9-7-18(8-10-19)21-15-30-32(4)16-21)20-11-12-25(29-14-20)31-26(33)23(13-28)17(3)24(27)6-2/h5-16H,2,28H2,1,3-4H3,(H,29,31,33)/b22-5-,23-13+,24-17+. The molecule has 7 heteroatoms. The van der Waals surface area contributed by atoms with Crippen molar-refractivity contribution >= 4 is 17.3 Å². The van der Waals surface area contributed by atoms with Gasteiger partial charge in [0.1, 0.15) is 11.6 Å². The molecule has 0 atom stereocenters. The summed E-state index contributed by atoms with van der Waals surface area (Å²) in [5.74, 6) is -0.834. The topological polar surface area (TPSA) is 85.8 Å². The Balaban J connectivity index is 1.77. The number of pyridine rings is 1. The minimum atomic E-state index is -0.613. The highest BCUT2D eigenvalue weighted by molar-refractivity contribution is 6.06. The second kappa shape index (κ2) is 10.4. The van der Waals surface area contributed by atoms with Crippen LogP contribution in [0.15, 0.2) is 96.9 Å². The largest absolute Gasteiger partial charge is 0.404 e. The van der Waals surface area contributed by atoms with Gasteiger partial charge in [-0.2, -0.15) is 5.10 Å². The smallest absolute Gasteiger partial charge is 0.258 e. The van der Waals surface area contributed by atoms with Crippen LogP contribution < -0.4 is 11.1 Å². The molecule has 1 amide bonds. The molecule has 0 saturated heterocycles. The van der Waals surface area contributed by atoms with Gasteiger partial charge in [0, 0.05) is 36.8 Å². The van der Waals surface area contributed by atoms with E-state index in [1.165, 1.54) is 6.92 Å². The van der Waals surface area contributed by atoms with E-state index in [1.807, 2.05) is 38.5 Å². The van der Waals surface area contributed by atoms with Crippen molar-refractivity contribution < 1.29 is 9.18 Å². The van der Waals surface area contributed by atoms with Gasteiger partial charge in [-0.3, -0.25) is 9.48 Å². The van der Waals surface area contributed by atoms with Crippen molar-refractivity contribution in [1.29, 1.82) is 0 Å². The molecule has 1 aromatic carbocycles. The summed E-state index contributed by atoms with van der Waals surface area (Å²) in [6, 6.07) is 11.8. The van der Waals surface area contributed by atoms with Gasteiger partial charge in [-0.05, 0) is 54.3 Å². The van der Waals surface area contributed by atoms with Crippen LogP contribution >= 0.6 is 0 Å². The van der Waals surface area contributed by atoms with Crippen molar-refractivity contribution in [1.82, 2.24) is 14.8 Å². The summed E-state index contributed by atoms with van der Waals surface area (Å²) in [4.78, 5) is 16.8. The molecule has 0 fully saturated rings. The van der Waals surface area contributed by atoms with Crippen molar-refractivity contribution in [2.45, 2.75) is 13.8 Å². The number of hydrogen-bond acceptors (Lipinski definition) is 4. The fourth-order valence-corrected chi connectivity index (χ4v) is 3.38. The van der Waals surface area contributed by atoms with Gasteiger partial charge < -0.3 is 11.1 Å². The third-order valence-electron chi connectivity index (χ3n) is 5.19. The molecule has 3 rings (SSSR count). The normalized spacial score (nSPS) is 12.8. The van der Waals surface area contributed by atoms with Crippen LogP contribution in [0, 0.1) is 0 Å². The molecule has 3 N–H and O–H groups in total. The van der Waals surface area contributed by atoms with E-state index in [0.717, 1.165) is 40.1 Å². The van der Waals surface area contributed by atoms with Gasteiger partial charge in [0.15, 0.2) is 0 Å². The molecule has 3 aromatic rings. The molecule has 168 valence electrons. The Morgan fingerprint density at radius 2 is 1.82 bits per heavy atom. The predicted molar refractivity (Wildman–Crippen MR) is 131 cm³/mol. The van der Waals surface area contributed by atoms with Crippen LogP contribution in [-0.2, 0) is 11.8 Å². The molecule has 0 spiro atoms. The molecule has 0 aliphatic carbocycles. The van der Waals surface area contributed by atoms with Crippen LogP contribution in [0.1, 0.15) is 25.0 Å². The van der Waals surface area contributed by atoms with Crippen molar-refractivity contribution in [2.24, 2.45) is 12.8 Å². The number of nitrogens with two attached hydrogens (primary N) is 1. The van der Waals surface area contributed by atoms with E-state index in [4.69, 9.17) is 5.73 Å². The molecular formula is C26H26FN5O. The number of carbonyl (C=O) groups is 1. The highest BCUT2D eigenvalue weighted by Crippen LogP contribution is 2.27. The van der Waals surface area contributed by atoms with E-state index in [0.29, 0.717) is 5.82 Å². The Hall–Kier alpha value is -4.26. The van der Waals surface area contributed by atoms with Gasteiger partial charge in [-0.1, -0.05) is 36.9 Å². The van der Waals surface area contributed by atoms with Crippen LogP contribution in [0.4, 0.5) is 10.2 Å². The number of aryl methyl sites for hydroxylation is 1. The summed E-state index contributed by atoms with van der Waals surface area (Å²) < 4.78 is 15.6. The first kappa shape index (κ1) is 23.4. The minimum Gasteiger partial charge on any atom is -0.404 e. The molecule has 0 radical (unpaired) electrons. The Bertz CT molecular complexity index is 1250. The third kappa shape index (κ3) is 5.33. The highest BCUT2D eigenvalue weighted by Gasteiger charge is 2.15. The fourth-order valence-electron chi connectivity index (χ4n) is 3.38. The number of benzene rings is 1. The van der Waals surface area contributed by atoms with Crippen LogP contribution in [0.25, 0.3) is 16.7 Å². The number of nitrogens with one attached hydrogen (secondary N) is 1. The fraction of sp³-hybridized carbons (Fsp3) is 0.115. The molecule has 0 saturated carbocycles. The SMILES string of the molecule is C=C/C(F)=C(C)\C(=C/N)C(=O)Nc1ccc(/C(=C\C)c2ccc(-c3cnn(C)c3)cc2)cn1. The predicted octanol–water partition coefficient (Wildman–Crippen LogP) is 5.14. The molecule has 2 heterocycles. The lowest BCUT2D eigenvalue weighted by Gasteiger charge is -2.11. The van der Waals surface area contributed by atoms with Gasteiger partial charge in [-0.15, -0.1) is 0 Å². The van der Waals surface area contributed by atoms with Gasteiger partial charge in [0.05, 0.1) is 11.8 Å². The number of halogens is 1. The summed E-state index contributed by atoms with van der Waals surface area (Å²) in [5.41, 5.74) is 10.7. The van der Waals surface area contributed by atoms with E-state index in [2.05, 4.69) is 46.2 Å². The first-order chi connectivity index (χ1) is 15.9. The van der Waals surface area contributed by atoms with Gasteiger partial charge in [0.25, 0.3) is 5.91 Å². The van der Waals surface area contributed by atoms with Crippen LogP contribution in [0.5, 0.6) is 0 Å². The summed E-state index contributed by atoms with van der Waals surface area (Å²) in [7, 11) is 1.89. The number of nitrogens with zero attached hydrogens (tertiary/aromatic N) is 3. The van der Waals surface area contributed by atoms with Crippen molar-refractivity contribution in [3.63, 3.8) is 0 Å². The lowest BCUT2D eigenvalue weighted by atomic mass is 9.97. The number of amides is 1. The zero-order valence-electron chi connectivity index (χ0n) is 18.8. The summed E-state index contributed by atoms with van der Waals surface area (Å²) >= 11 is 0. The van der Waals surface area contributed by atoms with E-state index in [9.17, 15) is 9.18 Å². The summed E-state index contributed by atoms with van der Waals surface area (Å²) in [6.07, 6.45) is 9.58. The van der Waals surface area contributed by atoms with Gasteiger partial charge in [0.2, 0.25) is 0 Å². The first-order valence-electron chi connectivity index (χ1n) is 10.3. The molecular weight excluding hydrogens is 417 g/mol. The lowest BCUT2D eigenvalue weighted by Crippen LogP contribution is -2.17. The highest BCUT2D eigenvalue weighted by atomic mass is 19.1. The van der Waals surface area contributed by atoms with Gasteiger partial charge in [-0.25, -0.2) is 9.37 Å². The monoisotopic (exact) mass is 443 g/mol. The van der Waals surface area contributed by atoms with Crippen molar-refractivity contribution in [3.8, 4) is 11.1 Å². The van der Waals surface area contributed by atoms with E-state index in [1.54, 1.807) is 16.9 Å². The van der Waals surface area contributed by atoms with E-state index >= 15 is 0 Å². The lowest BCUT2D eigenvalue weighted by molar-refractivity contribution is -0.112. The molecule has 0 bridgehead atoms. The number of allylic oxidation sites excluding steroid dienone is 3. The average molecular weight is 444 g/mol. The Morgan fingerprint density at radius 3 is 2.33 bits per heavy atom. The maximum absolute atomic E-state index is 13.8. The van der Waals surface area contributed by atoms with Crippen LogP contribution in [-0.4, -0.2) is 20.7 Å². The van der Waals surface area contributed by atoms with E-state index < -0.39 is 11.7 Å². The zero-order chi connectivity index (χ0) is 24.0. The number of rotatable bonds is 7. The summed E-state index contributed by atoms with van der Waals surface area (Å²) in [5, 5.41) is 6.86. The Morgan fingerprint density at radius 1 is 1.12 bits per heavy atom. The third-order valence-corrected chi connectivity index (χ3v) is 5.19. The van der Waals surface area contributed by atoms with Crippen LogP contribution in [0.2, 0.25) is 0 Å². The second-order valence-electron chi connectivity index (χ2n) is 7.33. The maximum Gasteiger partial charge on any atom is 0.258 e. The quantitative estimate of drug-likeness (QED) is 0.391. The molecule has 0 unspecified atom stereocenters.